The smallest absolute Gasteiger partial charge is 0.213 e. The van der Waals surface area contributed by atoms with Gasteiger partial charge in [0.1, 0.15) is 5.60 Å². The van der Waals surface area contributed by atoms with E-state index < -0.39 is 0 Å². The van der Waals surface area contributed by atoms with Crippen molar-refractivity contribution in [2.45, 2.75) is 124 Å². The van der Waals surface area contributed by atoms with Crippen molar-refractivity contribution in [3.63, 3.8) is 0 Å². The Morgan fingerprint density at radius 1 is 0.587 bits per heavy atom. The minimum absolute atomic E-state index is 0.157. The molecule has 46 heavy (non-hydrogen) atoms. The Kier molecular flexibility index (Phi) is 14.3. The van der Waals surface area contributed by atoms with E-state index in [1.807, 2.05) is 57.4 Å². The van der Waals surface area contributed by atoms with Crippen molar-refractivity contribution in [2.24, 2.45) is 0 Å². The molecule has 0 unspecified atom stereocenters. The molecule has 0 bridgehead atoms. The van der Waals surface area contributed by atoms with E-state index in [2.05, 4.69) is 68.2 Å². The topological polar surface area (TPSA) is 78.4 Å². The summed E-state index contributed by atoms with van der Waals surface area (Å²) in [5.74, 6) is 1.31. The zero-order chi connectivity index (χ0) is 33.8. The number of ether oxygens (including phenoxy) is 5. The van der Waals surface area contributed by atoms with E-state index in [9.17, 15) is 0 Å². The lowest BCUT2D eigenvalue weighted by Crippen LogP contribution is -2.48. The zero-order valence-electron chi connectivity index (χ0n) is 30.5. The first-order valence-electron chi connectivity index (χ1n) is 17.1. The van der Waals surface area contributed by atoms with Crippen molar-refractivity contribution in [3.8, 4) is 11.8 Å². The fourth-order valence-corrected chi connectivity index (χ4v) is 4.93. The molecule has 2 aromatic rings. The normalized spacial score (nSPS) is 15.7. The van der Waals surface area contributed by atoms with Crippen LogP contribution in [0.25, 0.3) is 0 Å². The summed E-state index contributed by atoms with van der Waals surface area (Å²) in [5, 5.41) is 0. The van der Waals surface area contributed by atoms with E-state index >= 15 is 0 Å². The first-order valence-corrected chi connectivity index (χ1v) is 17.1. The molecule has 0 spiro atoms. The summed E-state index contributed by atoms with van der Waals surface area (Å²) < 4.78 is 30.1. The van der Waals surface area contributed by atoms with Gasteiger partial charge < -0.3 is 28.6 Å². The minimum atomic E-state index is -0.261. The first-order chi connectivity index (χ1) is 21.5. The van der Waals surface area contributed by atoms with Crippen LogP contribution in [0, 0.1) is 0 Å². The Bertz CT molecular complexity index is 1130. The predicted octanol–water partition coefficient (Wildman–Crippen LogP) is 6.93. The minimum Gasteiger partial charge on any atom is -0.478 e. The molecule has 0 saturated carbocycles. The second kappa shape index (κ2) is 17.2. The van der Waals surface area contributed by atoms with Crippen LogP contribution in [-0.4, -0.2) is 94.7 Å². The Balaban J connectivity index is 1.24. The van der Waals surface area contributed by atoms with E-state index in [4.69, 9.17) is 23.7 Å². The number of piperazine rings is 1. The summed E-state index contributed by atoms with van der Waals surface area (Å²) in [6.07, 6.45) is 6.50. The number of hydrogen-bond donors (Lipinski definition) is 0. The van der Waals surface area contributed by atoms with Crippen LogP contribution in [-0.2, 0) is 27.4 Å². The molecule has 1 aliphatic rings. The third kappa shape index (κ3) is 16.0. The number of hydrogen-bond acceptors (Lipinski definition) is 9. The molecule has 0 amide bonds. The van der Waals surface area contributed by atoms with Crippen LogP contribution >= 0.6 is 0 Å². The van der Waals surface area contributed by atoms with E-state index in [1.165, 1.54) is 0 Å². The number of pyridine rings is 2. The quantitative estimate of drug-likeness (QED) is 0.161. The van der Waals surface area contributed by atoms with Gasteiger partial charge in [-0.05, 0) is 112 Å². The molecule has 3 rings (SSSR count). The Morgan fingerprint density at radius 2 is 1.11 bits per heavy atom. The molecule has 9 heteroatoms. The summed E-state index contributed by atoms with van der Waals surface area (Å²) in [5.41, 5.74) is 1.22. The third-order valence-electron chi connectivity index (χ3n) is 7.87. The molecule has 0 atom stereocenters. The Labute approximate surface area is 279 Å². The predicted molar refractivity (Wildman–Crippen MR) is 185 cm³/mol. The molecule has 2 aromatic heterocycles. The maximum Gasteiger partial charge on any atom is 0.213 e. The van der Waals surface area contributed by atoms with E-state index in [0.29, 0.717) is 31.6 Å². The Morgan fingerprint density at radius 3 is 1.63 bits per heavy atom. The molecule has 1 saturated heterocycles. The lowest BCUT2D eigenvalue weighted by atomic mass is 9.93. The summed E-state index contributed by atoms with van der Waals surface area (Å²) in [6, 6.07) is 7.89. The average molecular weight is 643 g/mol. The fourth-order valence-electron chi connectivity index (χ4n) is 4.93. The van der Waals surface area contributed by atoms with Crippen LogP contribution in [0.5, 0.6) is 11.8 Å². The summed E-state index contributed by atoms with van der Waals surface area (Å²) >= 11 is 0. The van der Waals surface area contributed by atoms with Crippen LogP contribution in [0.3, 0.4) is 0 Å². The highest BCUT2D eigenvalue weighted by Gasteiger charge is 2.26. The summed E-state index contributed by atoms with van der Waals surface area (Å²) in [7, 11) is 0. The highest BCUT2D eigenvalue weighted by molar-refractivity contribution is 5.18. The number of rotatable bonds is 18. The number of aromatic nitrogens is 2. The summed E-state index contributed by atoms with van der Waals surface area (Å²) in [4.78, 5) is 13.9. The molecule has 260 valence electrons. The fraction of sp³-hybridized carbons (Fsp3) is 0.730. The molecule has 0 radical (unpaired) electrons. The van der Waals surface area contributed by atoms with Gasteiger partial charge in [-0.25, -0.2) is 9.97 Å². The maximum atomic E-state index is 6.36. The monoisotopic (exact) mass is 642 g/mol. The lowest BCUT2D eigenvalue weighted by molar-refractivity contribution is -0.0733. The molecular weight excluding hydrogens is 580 g/mol. The van der Waals surface area contributed by atoms with Gasteiger partial charge in [-0.2, -0.15) is 0 Å². The second-order valence-corrected chi connectivity index (χ2v) is 15.7. The van der Waals surface area contributed by atoms with Crippen molar-refractivity contribution in [1.82, 2.24) is 19.8 Å². The van der Waals surface area contributed by atoms with Gasteiger partial charge in [-0.1, -0.05) is 0 Å². The van der Waals surface area contributed by atoms with Gasteiger partial charge in [-0.3, -0.25) is 4.90 Å². The van der Waals surface area contributed by atoms with Crippen molar-refractivity contribution in [3.05, 3.63) is 47.8 Å². The van der Waals surface area contributed by atoms with E-state index in [0.717, 1.165) is 76.3 Å². The van der Waals surface area contributed by atoms with Crippen molar-refractivity contribution in [1.29, 1.82) is 0 Å². The van der Waals surface area contributed by atoms with Crippen LogP contribution in [0.15, 0.2) is 36.7 Å². The van der Waals surface area contributed by atoms with Crippen LogP contribution in [0.1, 0.15) is 99.6 Å². The van der Waals surface area contributed by atoms with Gasteiger partial charge in [0.2, 0.25) is 11.8 Å². The molecule has 9 nitrogen and oxygen atoms in total. The molecule has 3 heterocycles. The number of nitrogens with zero attached hydrogens (tertiary/aromatic N) is 4. The van der Waals surface area contributed by atoms with Gasteiger partial charge in [0.25, 0.3) is 0 Å². The van der Waals surface area contributed by atoms with Gasteiger partial charge in [0.15, 0.2) is 0 Å². The highest BCUT2D eigenvalue weighted by Crippen LogP contribution is 2.26. The standard InChI is InChI=1S/C37H62N4O5/c1-34(2,3)44-28-30-12-14-32(38-26-30)42-24-11-18-40-19-21-41(22-20-40)23-25-43-36(7,8)16-17-37(9,10)45-29-31-13-15-33(39-27-31)46-35(4,5)6/h12-15,26-27H,11,16-25,28-29H2,1-10H3. The van der Waals surface area contributed by atoms with Gasteiger partial charge in [-0.15, -0.1) is 0 Å². The average Bonchev–Trinajstić information content (AvgIpc) is 2.97. The van der Waals surface area contributed by atoms with Gasteiger partial charge >= 0.3 is 0 Å². The lowest BCUT2D eigenvalue weighted by Gasteiger charge is -2.36. The SMILES string of the molecule is CC(C)(C)OCc1ccc(OCCCN2CCN(CCOC(C)(C)CCC(C)(C)OCc3ccc(OC(C)(C)C)nc3)CC2)nc1. The van der Waals surface area contributed by atoms with Crippen molar-refractivity contribution in [2.75, 3.05) is 52.5 Å². The van der Waals surface area contributed by atoms with Crippen molar-refractivity contribution >= 4 is 0 Å². The maximum absolute atomic E-state index is 6.36. The molecule has 1 aliphatic heterocycles. The van der Waals surface area contributed by atoms with Crippen LogP contribution in [0.2, 0.25) is 0 Å². The summed E-state index contributed by atoms with van der Waals surface area (Å²) in [6.45, 7) is 29.7. The molecule has 0 N–H and O–H groups in total. The van der Waals surface area contributed by atoms with Gasteiger partial charge in [0, 0.05) is 63.8 Å². The molecule has 1 fully saturated rings. The Hall–Kier alpha value is -2.30. The zero-order valence-corrected chi connectivity index (χ0v) is 30.5. The van der Waals surface area contributed by atoms with Crippen LogP contribution in [0.4, 0.5) is 0 Å². The second-order valence-electron chi connectivity index (χ2n) is 15.7. The molecular formula is C37H62N4O5. The third-order valence-corrected chi connectivity index (χ3v) is 7.87. The van der Waals surface area contributed by atoms with Crippen LogP contribution < -0.4 is 9.47 Å². The highest BCUT2D eigenvalue weighted by atomic mass is 16.5. The first kappa shape index (κ1) is 38.2. The largest absolute Gasteiger partial charge is 0.478 e. The molecule has 0 aliphatic carbocycles. The van der Waals surface area contributed by atoms with Crippen molar-refractivity contribution < 1.29 is 23.7 Å². The van der Waals surface area contributed by atoms with E-state index in [1.54, 1.807) is 0 Å². The molecule has 0 aromatic carbocycles. The van der Waals surface area contributed by atoms with E-state index in [-0.39, 0.29) is 22.4 Å². The van der Waals surface area contributed by atoms with Gasteiger partial charge in [0.05, 0.1) is 43.2 Å².